The predicted octanol–water partition coefficient (Wildman–Crippen LogP) is 3.23. The number of aromatic nitrogens is 2. The van der Waals surface area contributed by atoms with Gasteiger partial charge in [-0.15, -0.1) is 11.3 Å². The summed E-state index contributed by atoms with van der Waals surface area (Å²) >= 11 is 1.74. The summed E-state index contributed by atoms with van der Waals surface area (Å²) in [5.74, 6) is 0.887. The first kappa shape index (κ1) is 13.8. The Morgan fingerprint density at radius 1 is 1.53 bits per heavy atom. The minimum absolute atomic E-state index is 0.0647. The van der Waals surface area contributed by atoms with Gasteiger partial charge in [0.1, 0.15) is 5.82 Å². The van der Waals surface area contributed by atoms with Gasteiger partial charge < -0.3 is 5.32 Å². The molecule has 0 bridgehead atoms. The number of nitrogens with one attached hydrogen (secondary N) is 1. The maximum atomic E-state index is 11.9. The number of amides is 1. The quantitative estimate of drug-likeness (QED) is 0.881. The van der Waals surface area contributed by atoms with Crippen molar-refractivity contribution in [2.45, 2.75) is 39.7 Å². The van der Waals surface area contributed by atoms with Crippen molar-refractivity contribution in [1.29, 1.82) is 0 Å². The van der Waals surface area contributed by atoms with Crippen LogP contribution in [0.25, 0.3) is 0 Å². The van der Waals surface area contributed by atoms with Gasteiger partial charge in [-0.1, -0.05) is 6.07 Å². The standard InChI is InChI=1S/C14H19N3OS/c1-3-17-14(11(2)10-15-17)16-13(18)8-4-6-12-7-5-9-19-12/h5,7,9-10H,3-4,6,8H2,1-2H3,(H,16,18). The number of rotatable bonds is 6. The summed E-state index contributed by atoms with van der Waals surface area (Å²) in [6.45, 7) is 4.73. The molecule has 2 rings (SSSR count). The molecule has 0 radical (unpaired) electrons. The molecule has 0 aliphatic carbocycles. The van der Waals surface area contributed by atoms with Crippen molar-refractivity contribution in [3.05, 3.63) is 34.2 Å². The van der Waals surface area contributed by atoms with Gasteiger partial charge in [0.25, 0.3) is 0 Å². The van der Waals surface area contributed by atoms with Crippen molar-refractivity contribution in [3.63, 3.8) is 0 Å². The van der Waals surface area contributed by atoms with Crippen molar-refractivity contribution >= 4 is 23.1 Å². The lowest BCUT2D eigenvalue weighted by molar-refractivity contribution is -0.116. The topological polar surface area (TPSA) is 46.9 Å². The Morgan fingerprint density at radius 3 is 3.05 bits per heavy atom. The minimum Gasteiger partial charge on any atom is -0.311 e. The molecule has 2 aromatic heterocycles. The van der Waals surface area contributed by atoms with E-state index in [9.17, 15) is 4.79 Å². The van der Waals surface area contributed by atoms with Gasteiger partial charge >= 0.3 is 0 Å². The molecule has 102 valence electrons. The average Bonchev–Trinajstić information content (AvgIpc) is 3.01. The second-order valence-corrected chi connectivity index (χ2v) is 5.51. The molecule has 2 aromatic rings. The Labute approximate surface area is 117 Å². The van der Waals surface area contributed by atoms with Crippen molar-refractivity contribution in [1.82, 2.24) is 9.78 Å². The molecule has 0 spiro atoms. The van der Waals surface area contributed by atoms with Crippen LogP contribution in [0, 0.1) is 6.92 Å². The smallest absolute Gasteiger partial charge is 0.225 e. The van der Waals surface area contributed by atoms with Gasteiger partial charge in [-0.3, -0.25) is 4.79 Å². The first-order chi connectivity index (χ1) is 9.20. The van der Waals surface area contributed by atoms with Gasteiger partial charge in [0.05, 0.1) is 6.20 Å². The number of anilines is 1. The number of hydrogen-bond donors (Lipinski definition) is 1. The SMILES string of the molecule is CCn1ncc(C)c1NC(=O)CCCc1cccs1. The number of hydrogen-bond acceptors (Lipinski definition) is 3. The number of aryl methyl sites for hydroxylation is 3. The van der Waals surface area contributed by atoms with Crippen LogP contribution in [0.4, 0.5) is 5.82 Å². The van der Waals surface area contributed by atoms with Crippen LogP contribution >= 0.6 is 11.3 Å². The van der Waals surface area contributed by atoms with Crippen molar-refractivity contribution in [2.75, 3.05) is 5.32 Å². The molecule has 0 saturated carbocycles. The minimum atomic E-state index is 0.0647. The van der Waals surface area contributed by atoms with Crippen LogP contribution in [0.3, 0.4) is 0 Å². The molecule has 1 amide bonds. The van der Waals surface area contributed by atoms with Crippen molar-refractivity contribution < 1.29 is 4.79 Å². The molecular weight excluding hydrogens is 258 g/mol. The summed E-state index contributed by atoms with van der Waals surface area (Å²) in [6, 6.07) is 4.15. The molecule has 0 fully saturated rings. The van der Waals surface area contributed by atoms with Crippen LogP contribution in [0.15, 0.2) is 23.7 Å². The van der Waals surface area contributed by atoms with Crippen molar-refractivity contribution in [2.24, 2.45) is 0 Å². The highest BCUT2D eigenvalue weighted by Crippen LogP contribution is 2.15. The first-order valence-electron chi connectivity index (χ1n) is 6.55. The molecule has 19 heavy (non-hydrogen) atoms. The third-order valence-electron chi connectivity index (χ3n) is 2.99. The molecule has 0 aromatic carbocycles. The van der Waals surface area contributed by atoms with Crippen LogP contribution in [-0.2, 0) is 17.8 Å². The maximum absolute atomic E-state index is 11.9. The zero-order valence-corrected chi connectivity index (χ0v) is 12.2. The van der Waals surface area contributed by atoms with Crippen molar-refractivity contribution in [3.8, 4) is 0 Å². The zero-order valence-electron chi connectivity index (χ0n) is 11.3. The van der Waals surface area contributed by atoms with Crippen LogP contribution < -0.4 is 5.32 Å². The highest BCUT2D eigenvalue weighted by atomic mass is 32.1. The highest BCUT2D eigenvalue weighted by Gasteiger charge is 2.09. The summed E-state index contributed by atoms with van der Waals surface area (Å²) in [6.07, 6.45) is 4.18. The van der Waals surface area contributed by atoms with Crippen LogP contribution in [0.5, 0.6) is 0 Å². The van der Waals surface area contributed by atoms with Crippen LogP contribution in [-0.4, -0.2) is 15.7 Å². The Hall–Kier alpha value is -1.62. The molecule has 0 atom stereocenters. The molecule has 2 heterocycles. The van der Waals surface area contributed by atoms with E-state index in [-0.39, 0.29) is 5.91 Å². The molecule has 0 unspecified atom stereocenters. The van der Waals surface area contributed by atoms with E-state index in [1.165, 1.54) is 4.88 Å². The van der Waals surface area contributed by atoms with E-state index in [4.69, 9.17) is 0 Å². The summed E-state index contributed by atoms with van der Waals surface area (Å²) < 4.78 is 1.81. The van der Waals surface area contributed by atoms with E-state index >= 15 is 0 Å². The second-order valence-electron chi connectivity index (χ2n) is 4.47. The van der Waals surface area contributed by atoms with E-state index in [2.05, 4.69) is 21.9 Å². The van der Waals surface area contributed by atoms with Crippen LogP contribution in [0.1, 0.15) is 30.2 Å². The molecule has 0 aliphatic heterocycles. The molecule has 0 saturated heterocycles. The lowest BCUT2D eigenvalue weighted by Crippen LogP contribution is -2.15. The monoisotopic (exact) mass is 277 g/mol. The molecule has 0 aliphatic rings. The molecule has 4 nitrogen and oxygen atoms in total. The van der Waals surface area contributed by atoms with Gasteiger partial charge in [0.2, 0.25) is 5.91 Å². The molecular formula is C14H19N3OS. The number of thiophene rings is 1. The Balaban J connectivity index is 1.82. The second kappa shape index (κ2) is 6.52. The fourth-order valence-corrected chi connectivity index (χ4v) is 2.71. The number of nitrogens with zero attached hydrogens (tertiary/aromatic N) is 2. The van der Waals surface area contributed by atoms with E-state index in [0.717, 1.165) is 30.8 Å². The Kier molecular flexibility index (Phi) is 4.74. The molecule has 5 heteroatoms. The number of carbonyl (C=O) groups excluding carboxylic acids is 1. The largest absolute Gasteiger partial charge is 0.311 e. The van der Waals surface area contributed by atoms with Gasteiger partial charge in [0, 0.05) is 23.4 Å². The number of carbonyl (C=O) groups is 1. The third-order valence-corrected chi connectivity index (χ3v) is 3.92. The summed E-state index contributed by atoms with van der Waals surface area (Å²) in [5, 5.41) is 9.23. The third kappa shape index (κ3) is 3.67. The summed E-state index contributed by atoms with van der Waals surface area (Å²) in [4.78, 5) is 13.2. The average molecular weight is 277 g/mol. The fraction of sp³-hybridized carbons (Fsp3) is 0.429. The van der Waals surface area contributed by atoms with E-state index in [1.807, 2.05) is 24.6 Å². The Morgan fingerprint density at radius 2 is 2.37 bits per heavy atom. The predicted molar refractivity (Wildman–Crippen MR) is 78.5 cm³/mol. The highest BCUT2D eigenvalue weighted by molar-refractivity contribution is 7.09. The van der Waals surface area contributed by atoms with Gasteiger partial charge in [-0.05, 0) is 38.1 Å². The van der Waals surface area contributed by atoms with Gasteiger partial charge in [-0.2, -0.15) is 5.10 Å². The van der Waals surface area contributed by atoms with E-state index < -0.39 is 0 Å². The summed E-state index contributed by atoms with van der Waals surface area (Å²) in [5.41, 5.74) is 1.01. The fourth-order valence-electron chi connectivity index (χ4n) is 1.95. The van der Waals surface area contributed by atoms with Gasteiger partial charge in [0.15, 0.2) is 0 Å². The lowest BCUT2D eigenvalue weighted by atomic mass is 10.2. The lowest BCUT2D eigenvalue weighted by Gasteiger charge is -2.08. The molecule has 1 N–H and O–H groups in total. The summed E-state index contributed by atoms with van der Waals surface area (Å²) in [7, 11) is 0. The van der Waals surface area contributed by atoms with Gasteiger partial charge in [-0.25, -0.2) is 4.68 Å². The zero-order chi connectivity index (χ0) is 13.7. The maximum Gasteiger partial charge on any atom is 0.225 e. The van der Waals surface area contributed by atoms with E-state index in [1.54, 1.807) is 17.5 Å². The Bertz CT molecular complexity index is 531. The first-order valence-corrected chi connectivity index (χ1v) is 7.43. The normalized spacial score (nSPS) is 10.6. The van der Waals surface area contributed by atoms with Crippen LogP contribution in [0.2, 0.25) is 0 Å². The van der Waals surface area contributed by atoms with E-state index in [0.29, 0.717) is 6.42 Å².